The van der Waals surface area contributed by atoms with Crippen LogP contribution in [0.2, 0.25) is 0 Å². The first-order valence-corrected chi connectivity index (χ1v) is 18.0. The van der Waals surface area contributed by atoms with Crippen molar-refractivity contribution in [2.75, 3.05) is 65.0 Å². The van der Waals surface area contributed by atoms with Gasteiger partial charge in [-0.05, 0) is 112 Å². The maximum Gasteiger partial charge on any atom is 0.319 e. The van der Waals surface area contributed by atoms with Crippen molar-refractivity contribution in [3.63, 3.8) is 0 Å². The molecule has 4 amide bonds. The van der Waals surface area contributed by atoms with Gasteiger partial charge in [0.25, 0.3) is 0 Å². The van der Waals surface area contributed by atoms with Crippen LogP contribution in [0.25, 0.3) is 10.4 Å². The molecular formula is C37H51FN6O3S2. The first kappa shape index (κ1) is 39.5. The Balaban J connectivity index is 0.000000271. The van der Waals surface area contributed by atoms with Crippen molar-refractivity contribution in [3.05, 3.63) is 89.1 Å². The van der Waals surface area contributed by atoms with Gasteiger partial charge >= 0.3 is 12.1 Å². The monoisotopic (exact) mass is 710 g/mol. The van der Waals surface area contributed by atoms with Crippen molar-refractivity contribution in [3.8, 4) is 16.2 Å². The molecule has 0 radical (unpaired) electrons. The highest BCUT2D eigenvalue weighted by molar-refractivity contribution is 7.19. The number of carbonyl (C=O) groups excluding carboxylic acids is 2. The quantitative estimate of drug-likeness (QED) is 0.0988. The first-order chi connectivity index (χ1) is 23.3. The summed E-state index contributed by atoms with van der Waals surface area (Å²) >= 11 is 2.92. The van der Waals surface area contributed by atoms with Gasteiger partial charge < -0.3 is 25.2 Å². The number of thiophene rings is 2. The zero-order chi connectivity index (χ0) is 35.8. The van der Waals surface area contributed by atoms with Crippen LogP contribution >= 0.6 is 22.7 Å². The molecule has 2 aromatic heterocycles. The molecule has 0 spiro atoms. The second-order valence-electron chi connectivity index (χ2n) is 13.1. The Hall–Kier alpha value is -3.97. The third-order valence-corrected chi connectivity index (χ3v) is 9.04. The molecule has 4 N–H and O–H groups in total. The Bertz CT molecular complexity index is 1560. The number of nitrogens with zero attached hydrogens (tertiary/aromatic N) is 2. The molecule has 0 unspecified atom stereocenters. The van der Waals surface area contributed by atoms with Crippen LogP contribution in [0.5, 0.6) is 5.75 Å². The normalized spacial score (nSPS) is 11.1. The smallest absolute Gasteiger partial charge is 0.319 e. The fourth-order valence-electron chi connectivity index (χ4n) is 4.44. The number of carbonyl (C=O) groups is 2. The molecule has 4 rings (SSSR count). The van der Waals surface area contributed by atoms with Crippen molar-refractivity contribution in [2.24, 2.45) is 0 Å². The Morgan fingerprint density at radius 3 is 1.94 bits per heavy atom. The largest absolute Gasteiger partial charge is 0.486 e. The molecule has 0 saturated heterocycles. The Kier molecular flexibility index (Phi) is 16.0. The number of amides is 4. The van der Waals surface area contributed by atoms with Gasteiger partial charge in [-0.3, -0.25) is 10.6 Å². The Morgan fingerprint density at radius 2 is 1.37 bits per heavy atom. The number of halogens is 1. The van der Waals surface area contributed by atoms with Crippen LogP contribution in [-0.4, -0.2) is 76.2 Å². The third-order valence-electron chi connectivity index (χ3n) is 7.18. The molecule has 0 aliphatic carbocycles. The van der Waals surface area contributed by atoms with E-state index >= 15 is 0 Å². The van der Waals surface area contributed by atoms with Crippen molar-refractivity contribution < 1.29 is 18.7 Å². The molecule has 266 valence electrons. The number of ether oxygens (including phenoxy) is 1. The number of nitrogens with one attached hydrogen (secondary N) is 4. The lowest BCUT2D eigenvalue weighted by molar-refractivity contribution is 0.250. The molecule has 2 heterocycles. The zero-order valence-electron chi connectivity index (χ0n) is 29.7. The molecule has 0 fully saturated rings. The predicted molar refractivity (Wildman–Crippen MR) is 204 cm³/mol. The summed E-state index contributed by atoms with van der Waals surface area (Å²) in [6, 6.07) is 20.0. The maximum absolute atomic E-state index is 12.9. The van der Waals surface area contributed by atoms with Gasteiger partial charge in [0.1, 0.15) is 17.4 Å². The summed E-state index contributed by atoms with van der Waals surface area (Å²) in [5.74, 6) is 0.444. The molecule has 2 aromatic carbocycles. The van der Waals surface area contributed by atoms with E-state index in [1.54, 1.807) is 12.1 Å². The summed E-state index contributed by atoms with van der Waals surface area (Å²) in [7, 11) is 8.05. The van der Waals surface area contributed by atoms with E-state index < -0.39 is 0 Å². The highest BCUT2D eigenvalue weighted by Gasteiger charge is 2.14. The molecular weight excluding hydrogens is 660 g/mol. The molecule has 4 aromatic rings. The van der Waals surface area contributed by atoms with Gasteiger partial charge in [-0.2, -0.15) is 0 Å². The summed E-state index contributed by atoms with van der Waals surface area (Å²) in [4.78, 5) is 29.0. The Labute approximate surface area is 298 Å². The second kappa shape index (κ2) is 19.9. The summed E-state index contributed by atoms with van der Waals surface area (Å²) in [6.07, 6.45) is 1.82. The Morgan fingerprint density at radius 1 is 0.776 bits per heavy atom. The van der Waals surface area contributed by atoms with Crippen molar-refractivity contribution >= 4 is 44.7 Å². The number of rotatable bonds is 14. The number of urea groups is 2. The van der Waals surface area contributed by atoms with Crippen LogP contribution in [0.15, 0.2) is 72.1 Å². The van der Waals surface area contributed by atoms with Crippen LogP contribution in [0, 0.1) is 5.82 Å². The lowest BCUT2D eigenvalue weighted by Crippen LogP contribution is -2.30. The van der Waals surface area contributed by atoms with Crippen LogP contribution in [0.1, 0.15) is 44.7 Å². The van der Waals surface area contributed by atoms with Crippen molar-refractivity contribution in [2.45, 2.75) is 45.6 Å². The van der Waals surface area contributed by atoms with Gasteiger partial charge in [-0.15, -0.1) is 22.7 Å². The molecule has 49 heavy (non-hydrogen) atoms. The molecule has 0 saturated carbocycles. The van der Waals surface area contributed by atoms with E-state index in [4.69, 9.17) is 4.74 Å². The van der Waals surface area contributed by atoms with Gasteiger partial charge in [0.2, 0.25) is 0 Å². The summed E-state index contributed by atoms with van der Waals surface area (Å²) in [6.45, 7) is 10.2. The van der Waals surface area contributed by atoms with E-state index in [1.165, 1.54) is 40.4 Å². The minimum absolute atomic E-state index is 0.143. The lowest BCUT2D eigenvalue weighted by Gasteiger charge is -2.19. The number of hydrogen-bond acceptors (Lipinski definition) is 7. The number of anilines is 2. The van der Waals surface area contributed by atoms with Crippen molar-refractivity contribution in [1.29, 1.82) is 0 Å². The highest BCUT2D eigenvalue weighted by Crippen LogP contribution is 2.32. The van der Waals surface area contributed by atoms with Gasteiger partial charge in [-0.1, -0.05) is 57.2 Å². The van der Waals surface area contributed by atoms with E-state index in [1.807, 2.05) is 51.8 Å². The van der Waals surface area contributed by atoms with Gasteiger partial charge in [0, 0.05) is 18.0 Å². The molecule has 0 atom stereocenters. The molecule has 12 heteroatoms. The van der Waals surface area contributed by atoms with Gasteiger partial charge in [0.15, 0.2) is 5.75 Å². The lowest BCUT2D eigenvalue weighted by atomic mass is 9.87. The summed E-state index contributed by atoms with van der Waals surface area (Å²) in [5.41, 5.74) is 3.48. The summed E-state index contributed by atoms with van der Waals surface area (Å²) < 4.78 is 18.8. The molecule has 0 aliphatic rings. The molecule has 0 aliphatic heterocycles. The number of hydrogen-bond donors (Lipinski definition) is 4. The van der Waals surface area contributed by atoms with E-state index in [2.05, 4.69) is 76.1 Å². The second-order valence-corrected chi connectivity index (χ2v) is 15.1. The van der Waals surface area contributed by atoms with Gasteiger partial charge in [0.05, 0.1) is 5.00 Å². The fraction of sp³-hybridized carbons (Fsp3) is 0.405. The summed E-state index contributed by atoms with van der Waals surface area (Å²) in [5, 5.41) is 14.8. The minimum Gasteiger partial charge on any atom is -0.486 e. The highest BCUT2D eigenvalue weighted by atomic mass is 32.1. The predicted octanol–water partition coefficient (Wildman–Crippen LogP) is 8.33. The average molecular weight is 711 g/mol. The van der Waals surface area contributed by atoms with Crippen LogP contribution in [-0.2, 0) is 12.0 Å². The van der Waals surface area contributed by atoms with Crippen LogP contribution in [0.4, 0.5) is 24.0 Å². The third kappa shape index (κ3) is 15.0. The minimum atomic E-state index is -0.254. The zero-order valence-corrected chi connectivity index (χ0v) is 31.3. The maximum atomic E-state index is 12.9. The van der Waals surface area contributed by atoms with E-state index in [0.29, 0.717) is 25.4 Å². The van der Waals surface area contributed by atoms with Crippen LogP contribution in [0.3, 0.4) is 0 Å². The van der Waals surface area contributed by atoms with Crippen LogP contribution < -0.4 is 26.0 Å². The molecule has 9 nitrogen and oxygen atoms in total. The first-order valence-electron chi connectivity index (χ1n) is 16.3. The number of benzene rings is 2. The van der Waals surface area contributed by atoms with E-state index in [9.17, 15) is 14.0 Å². The van der Waals surface area contributed by atoms with E-state index in [-0.39, 0.29) is 23.3 Å². The average Bonchev–Trinajstić information content (AvgIpc) is 3.70. The van der Waals surface area contributed by atoms with E-state index in [0.717, 1.165) is 51.9 Å². The van der Waals surface area contributed by atoms with Crippen molar-refractivity contribution in [1.82, 2.24) is 20.4 Å². The van der Waals surface area contributed by atoms with Gasteiger partial charge in [-0.25, -0.2) is 14.0 Å². The topological polar surface area (TPSA) is 98.0 Å². The molecule has 0 bridgehead atoms. The standard InChI is InChI=1S/C21H31N3O2S.C16H20FN3OS/c1-21(2,3)17-9-7-16(8-10-17)15-26-18-11-14-27-19(18)23-20(25)22-12-6-13-24(4)5;1-20(2)11-3-10-18-16(21)19-15-9-8-14(22-15)12-4-6-13(17)7-5-12/h7-11,14H,6,12-13,15H2,1-5H3,(H2,22,23,25);4-9H,3,10-11H2,1-2H3,(H2,18,19,21). The SMILES string of the molecule is CN(C)CCCNC(=O)Nc1ccc(-c2ccc(F)cc2)s1.CN(C)CCCNC(=O)Nc1sccc1OCc1ccc(C(C)(C)C)cc1. The fourth-order valence-corrected chi connectivity index (χ4v) is 6.07.